The number of esters is 1. The van der Waals surface area contributed by atoms with Gasteiger partial charge in [-0.25, -0.2) is 9.69 Å². The summed E-state index contributed by atoms with van der Waals surface area (Å²) < 4.78 is 10.2. The number of nitrogens with zero attached hydrogens (tertiary/aromatic N) is 1. The summed E-state index contributed by atoms with van der Waals surface area (Å²) in [6.45, 7) is 2.26. The highest BCUT2D eigenvalue weighted by Crippen LogP contribution is 2.31. The summed E-state index contributed by atoms with van der Waals surface area (Å²) in [5, 5.41) is 2.65. The van der Waals surface area contributed by atoms with Crippen molar-refractivity contribution in [2.24, 2.45) is 0 Å². The van der Waals surface area contributed by atoms with Crippen molar-refractivity contribution in [1.82, 2.24) is 0 Å². The number of hydrogen-bond donors (Lipinski definition) is 1. The standard InChI is InChI=1S/C21H19ClN2O5/c1-3-12-29-21(27)13-4-6-14(7-5-13)23-18-17(22)19(25)24(20(18)26)15-8-10-16(28-2)11-9-15/h4-11,23H,3,12H2,1-2H3. The molecule has 0 saturated heterocycles. The quantitative estimate of drug-likeness (QED) is 0.549. The van der Waals surface area contributed by atoms with Crippen molar-refractivity contribution in [3.63, 3.8) is 0 Å². The Hall–Kier alpha value is -3.32. The second-order valence-corrected chi connectivity index (χ2v) is 6.55. The third-order valence-electron chi connectivity index (χ3n) is 4.19. The van der Waals surface area contributed by atoms with E-state index in [0.717, 1.165) is 11.3 Å². The highest BCUT2D eigenvalue weighted by molar-refractivity contribution is 6.53. The van der Waals surface area contributed by atoms with Gasteiger partial charge in [-0.1, -0.05) is 18.5 Å². The molecule has 0 spiro atoms. The number of anilines is 2. The Labute approximate surface area is 172 Å². The summed E-state index contributed by atoms with van der Waals surface area (Å²) >= 11 is 6.12. The van der Waals surface area contributed by atoms with Crippen LogP contribution >= 0.6 is 11.6 Å². The zero-order valence-corrected chi connectivity index (χ0v) is 16.7. The van der Waals surface area contributed by atoms with Crippen LogP contribution in [0.25, 0.3) is 0 Å². The number of carbonyl (C=O) groups is 3. The molecule has 0 saturated carbocycles. The predicted octanol–water partition coefficient (Wildman–Crippen LogP) is 3.70. The number of hydrogen-bond acceptors (Lipinski definition) is 6. The SMILES string of the molecule is CCCOC(=O)c1ccc(NC2=C(Cl)C(=O)N(c3ccc(OC)cc3)C2=O)cc1. The first kappa shape index (κ1) is 20.4. The van der Waals surface area contributed by atoms with Gasteiger partial charge in [-0.15, -0.1) is 0 Å². The highest BCUT2D eigenvalue weighted by Gasteiger charge is 2.38. The molecule has 7 nitrogen and oxygen atoms in total. The average molecular weight is 415 g/mol. The van der Waals surface area contributed by atoms with Crippen LogP contribution in [0.5, 0.6) is 5.75 Å². The van der Waals surface area contributed by atoms with Gasteiger partial charge in [-0.2, -0.15) is 0 Å². The lowest BCUT2D eigenvalue weighted by molar-refractivity contribution is -0.120. The maximum absolute atomic E-state index is 12.8. The molecule has 8 heteroatoms. The van der Waals surface area contributed by atoms with E-state index in [1.165, 1.54) is 7.11 Å². The van der Waals surface area contributed by atoms with Crippen molar-refractivity contribution in [3.05, 3.63) is 64.8 Å². The van der Waals surface area contributed by atoms with E-state index < -0.39 is 17.8 Å². The van der Waals surface area contributed by atoms with Crippen LogP contribution in [0.3, 0.4) is 0 Å². The van der Waals surface area contributed by atoms with E-state index in [2.05, 4.69) is 5.32 Å². The molecule has 1 aliphatic rings. The molecule has 0 aromatic heterocycles. The van der Waals surface area contributed by atoms with Crippen molar-refractivity contribution in [2.75, 3.05) is 23.9 Å². The third-order valence-corrected chi connectivity index (χ3v) is 4.54. The number of amides is 2. The van der Waals surface area contributed by atoms with Crippen molar-refractivity contribution < 1.29 is 23.9 Å². The number of methoxy groups -OCH3 is 1. The average Bonchev–Trinajstić information content (AvgIpc) is 2.95. The largest absolute Gasteiger partial charge is 0.497 e. The lowest BCUT2D eigenvalue weighted by Crippen LogP contribution is -2.32. The Morgan fingerprint density at radius 3 is 2.28 bits per heavy atom. The highest BCUT2D eigenvalue weighted by atomic mass is 35.5. The van der Waals surface area contributed by atoms with Crippen LogP contribution < -0.4 is 15.0 Å². The van der Waals surface area contributed by atoms with E-state index >= 15 is 0 Å². The zero-order valence-electron chi connectivity index (χ0n) is 15.9. The van der Waals surface area contributed by atoms with Crippen LogP contribution in [-0.4, -0.2) is 31.5 Å². The first-order valence-corrected chi connectivity index (χ1v) is 9.31. The molecule has 0 aliphatic carbocycles. The van der Waals surface area contributed by atoms with E-state index in [9.17, 15) is 14.4 Å². The molecule has 2 aromatic carbocycles. The molecular formula is C21H19ClN2O5. The van der Waals surface area contributed by atoms with E-state index in [1.807, 2.05) is 6.92 Å². The fourth-order valence-electron chi connectivity index (χ4n) is 2.69. The Morgan fingerprint density at radius 2 is 1.69 bits per heavy atom. The third kappa shape index (κ3) is 4.25. The van der Waals surface area contributed by atoms with E-state index in [0.29, 0.717) is 29.3 Å². The minimum absolute atomic E-state index is 0.0335. The van der Waals surface area contributed by atoms with Crippen molar-refractivity contribution in [1.29, 1.82) is 0 Å². The maximum Gasteiger partial charge on any atom is 0.338 e. The molecule has 29 heavy (non-hydrogen) atoms. The number of carbonyl (C=O) groups excluding carboxylic acids is 3. The van der Waals surface area contributed by atoms with Gasteiger partial charge in [0.05, 0.1) is 25.0 Å². The van der Waals surface area contributed by atoms with Crippen LogP contribution in [0.2, 0.25) is 0 Å². The fraction of sp³-hybridized carbons (Fsp3) is 0.190. The molecule has 1 N–H and O–H groups in total. The topological polar surface area (TPSA) is 84.9 Å². The first-order chi connectivity index (χ1) is 14.0. The fourth-order valence-corrected chi connectivity index (χ4v) is 2.90. The molecule has 0 fully saturated rings. The second kappa shape index (κ2) is 8.79. The smallest absolute Gasteiger partial charge is 0.338 e. The van der Waals surface area contributed by atoms with Gasteiger partial charge in [0, 0.05) is 5.69 Å². The molecule has 1 aliphatic heterocycles. The molecule has 0 radical (unpaired) electrons. The Bertz CT molecular complexity index is 968. The lowest BCUT2D eigenvalue weighted by atomic mass is 10.2. The monoisotopic (exact) mass is 414 g/mol. The molecular weight excluding hydrogens is 396 g/mol. The number of rotatable bonds is 7. The minimum Gasteiger partial charge on any atom is -0.497 e. The number of nitrogens with one attached hydrogen (secondary N) is 1. The lowest BCUT2D eigenvalue weighted by Gasteiger charge is -2.15. The summed E-state index contributed by atoms with van der Waals surface area (Å²) in [4.78, 5) is 38.1. The van der Waals surface area contributed by atoms with E-state index in [1.54, 1.807) is 48.5 Å². The molecule has 1 heterocycles. The van der Waals surface area contributed by atoms with Gasteiger partial charge in [0.1, 0.15) is 16.5 Å². The molecule has 0 bridgehead atoms. The molecule has 0 unspecified atom stereocenters. The first-order valence-electron chi connectivity index (χ1n) is 8.93. The number of halogens is 1. The Kier molecular flexibility index (Phi) is 6.19. The Morgan fingerprint density at radius 1 is 1.03 bits per heavy atom. The molecule has 2 amide bonds. The summed E-state index contributed by atoms with van der Waals surface area (Å²) in [5.41, 5.74) is 1.24. The van der Waals surface area contributed by atoms with Gasteiger partial charge >= 0.3 is 5.97 Å². The molecule has 2 aromatic rings. The van der Waals surface area contributed by atoms with Crippen molar-refractivity contribution in [3.8, 4) is 5.75 Å². The Balaban J connectivity index is 1.76. The van der Waals surface area contributed by atoms with Crippen molar-refractivity contribution >= 4 is 40.8 Å². The summed E-state index contributed by atoms with van der Waals surface area (Å²) in [6, 6.07) is 12.8. The summed E-state index contributed by atoms with van der Waals surface area (Å²) in [6.07, 6.45) is 0.735. The van der Waals surface area contributed by atoms with Crippen molar-refractivity contribution in [2.45, 2.75) is 13.3 Å². The molecule has 3 rings (SSSR count). The molecule has 150 valence electrons. The van der Waals surface area contributed by atoms with Gasteiger partial charge < -0.3 is 14.8 Å². The second-order valence-electron chi connectivity index (χ2n) is 6.17. The summed E-state index contributed by atoms with van der Waals surface area (Å²) in [7, 11) is 1.52. The minimum atomic E-state index is -0.621. The van der Waals surface area contributed by atoms with Crippen LogP contribution in [0.15, 0.2) is 59.3 Å². The van der Waals surface area contributed by atoms with Gasteiger partial charge in [-0.3, -0.25) is 9.59 Å². The van der Waals surface area contributed by atoms with Gasteiger partial charge in [-0.05, 0) is 55.0 Å². The molecule has 0 atom stereocenters. The van der Waals surface area contributed by atoms with Crippen LogP contribution in [0.4, 0.5) is 11.4 Å². The van der Waals surface area contributed by atoms with Gasteiger partial charge in [0.15, 0.2) is 0 Å². The van der Waals surface area contributed by atoms with Crippen LogP contribution in [0.1, 0.15) is 23.7 Å². The number of benzene rings is 2. The van der Waals surface area contributed by atoms with Gasteiger partial charge in [0.2, 0.25) is 0 Å². The zero-order chi connectivity index (χ0) is 21.0. The van der Waals surface area contributed by atoms with Crippen LogP contribution in [-0.2, 0) is 14.3 Å². The normalized spacial score (nSPS) is 13.7. The maximum atomic E-state index is 12.8. The van der Waals surface area contributed by atoms with Crippen LogP contribution in [0, 0.1) is 0 Å². The number of imide groups is 1. The van der Waals surface area contributed by atoms with E-state index in [4.69, 9.17) is 21.1 Å². The van der Waals surface area contributed by atoms with Gasteiger partial charge in [0.25, 0.3) is 11.8 Å². The number of ether oxygens (including phenoxy) is 2. The van der Waals surface area contributed by atoms with E-state index in [-0.39, 0.29) is 10.7 Å². The summed E-state index contributed by atoms with van der Waals surface area (Å²) in [5.74, 6) is -1.02. The predicted molar refractivity (Wildman–Crippen MR) is 109 cm³/mol.